The molecule has 13 heavy (non-hydrogen) atoms. The van der Waals surface area contributed by atoms with E-state index < -0.39 is 5.79 Å². The van der Waals surface area contributed by atoms with Gasteiger partial charge in [-0.1, -0.05) is 0 Å². The van der Waals surface area contributed by atoms with Gasteiger partial charge in [0.05, 0.1) is 18.8 Å². The van der Waals surface area contributed by atoms with Crippen LogP contribution in [0.5, 0.6) is 0 Å². The van der Waals surface area contributed by atoms with Crippen molar-refractivity contribution in [1.29, 1.82) is 0 Å². The molecule has 4 heteroatoms. The summed E-state index contributed by atoms with van der Waals surface area (Å²) in [4.78, 5) is 0. The second-order valence-corrected chi connectivity index (χ2v) is 4.20. The van der Waals surface area contributed by atoms with Crippen molar-refractivity contribution in [2.75, 3.05) is 13.2 Å². The van der Waals surface area contributed by atoms with Crippen molar-refractivity contribution in [2.45, 2.75) is 44.3 Å². The molecule has 0 aromatic carbocycles. The molecule has 3 atom stereocenters. The van der Waals surface area contributed by atoms with Gasteiger partial charge in [0.2, 0.25) is 0 Å². The standard InChI is InChI=1S/C9H17NO3/c1-9(2)12-5-7(13-9)8-6(11)3-4-10-8/h6-8,10-11H,3-5H2,1-2H3. The lowest BCUT2D eigenvalue weighted by molar-refractivity contribution is -0.143. The third-order valence-electron chi connectivity index (χ3n) is 2.67. The number of aliphatic hydroxyl groups excluding tert-OH is 1. The monoisotopic (exact) mass is 187 g/mol. The van der Waals surface area contributed by atoms with Gasteiger partial charge in [-0.2, -0.15) is 0 Å². The third kappa shape index (κ3) is 1.86. The highest BCUT2D eigenvalue weighted by atomic mass is 16.7. The summed E-state index contributed by atoms with van der Waals surface area (Å²) in [5.74, 6) is -0.491. The summed E-state index contributed by atoms with van der Waals surface area (Å²) in [5.41, 5.74) is 0. The van der Waals surface area contributed by atoms with Crippen molar-refractivity contribution in [2.24, 2.45) is 0 Å². The van der Waals surface area contributed by atoms with E-state index in [1.807, 2.05) is 13.8 Å². The predicted octanol–water partition coefficient (Wildman–Crippen LogP) is -0.139. The van der Waals surface area contributed by atoms with E-state index >= 15 is 0 Å². The highest BCUT2D eigenvalue weighted by Gasteiger charge is 2.41. The molecule has 0 spiro atoms. The Kier molecular flexibility index (Phi) is 2.32. The zero-order valence-electron chi connectivity index (χ0n) is 8.12. The zero-order valence-corrected chi connectivity index (χ0v) is 8.12. The number of ether oxygens (including phenoxy) is 2. The van der Waals surface area contributed by atoms with Gasteiger partial charge in [0.15, 0.2) is 5.79 Å². The summed E-state index contributed by atoms with van der Waals surface area (Å²) in [6.07, 6.45) is 0.514. The van der Waals surface area contributed by atoms with Gasteiger partial charge in [0, 0.05) is 0 Å². The van der Waals surface area contributed by atoms with Crippen molar-refractivity contribution in [3.63, 3.8) is 0 Å². The van der Waals surface area contributed by atoms with Crippen molar-refractivity contribution < 1.29 is 14.6 Å². The number of hydrogen-bond acceptors (Lipinski definition) is 4. The molecular formula is C9H17NO3. The quantitative estimate of drug-likeness (QED) is 0.600. The van der Waals surface area contributed by atoms with E-state index in [1.54, 1.807) is 0 Å². The first-order valence-electron chi connectivity index (χ1n) is 4.82. The molecule has 3 unspecified atom stereocenters. The van der Waals surface area contributed by atoms with Crippen LogP contribution in [0.1, 0.15) is 20.3 Å². The van der Waals surface area contributed by atoms with Gasteiger partial charge >= 0.3 is 0 Å². The van der Waals surface area contributed by atoms with E-state index in [0.29, 0.717) is 6.61 Å². The molecule has 2 fully saturated rings. The number of hydrogen-bond donors (Lipinski definition) is 2. The van der Waals surface area contributed by atoms with Gasteiger partial charge in [-0.15, -0.1) is 0 Å². The number of aliphatic hydroxyl groups is 1. The number of rotatable bonds is 1. The molecule has 0 aromatic heterocycles. The summed E-state index contributed by atoms with van der Waals surface area (Å²) in [6, 6.07) is 0.0433. The first-order valence-corrected chi connectivity index (χ1v) is 4.82. The largest absolute Gasteiger partial charge is 0.391 e. The van der Waals surface area contributed by atoms with E-state index in [4.69, 9.17) is 9.47 Å². The second-order valence-electron chi connectivity index (χ2n) is 4.20. The summed E-state index contributed by atoms with van der Waals surface area (Å²) < 4.78 is 11.1. The van der Waals surface area contributed by atoms with Crippen LogP contribution in [0.25, 0.3) is 0 Å². The molecule has 4 nitrogen and oxygen atoms in total. The Balaban J connectivity index is 1.95. The molecule has 2 rings (SSSR count). The molecule has 2 heterocycles. The minimum Gasteiger partial charge on any atom is -0.391 e. The molecule has 2 saturated heterocycles. The van der Waals surface area contributed by atoms with Crippen LogP contribution in [0.4, 0.5) is 0 Å². The van der Waals surface area contributed by atoms with Crippen molar-refractivity contribution in [1.82, 2.24) is 5.32 Å². The van der Waals surface area contributed by atoms with Crippen LogP contribution in [-0.4, -0.2) is 42.3 Å². The van der Waals surface area contributed by atoms with E-state index in [9.17, 15) is 5.11 Å². The third-order valence-corrected chi connectivity index (χ3v) is 2.67. The molecular weight excluding hydrogens is 170 g/mol. The normalized spacial score (nSPS) is 44.1. The van der Waals surface area contributed by atoms with E-state index in [1.165, 1.54) is 0 Å². The Hall–Kier alpha value is -0.160. The molecule has 0 bridgehead atoms. The van der Waals surface area contributed by atoms with Crippen LogP contribution < -0.4 is 5.32 Å². The Labute approximate surface area is 78.2 Å². The summed E-state index contributed by atoms with van der Waals surface area (Å²) >= 11 is 0. The maximum atomic E-state index is 9.62. The minimum absolute atomic E-state index is 0.00694. The molecule has 2 aliphatic heterocycles. The maximum Gasteiger partial charge on any atom is 0.163 e. The van der Waals surface area contributed by atoms with Crippen molar-refractivity contribution in [3.05, 3.63) is 0 Å². The Morgan fingerprint density at radius 3 is 2.69 bits per heavy atom. The highest BCUT2D eigenvalue weighted by molar-refractivity contribution is 4.92. The zero-order chi connectivity index (χ0) is 9.47. The van der Waals surface area contributed by atoms with Gasteiger partial charge in [-0.25, -0.2) is 0 Å². The van der Waals surface area contributed by atoms with Crippen LogP contribution in [0.15, 0.2) is 0 Å². The van der Waals surface area contributed by atoms with Gasteiger partial charge in [0.1, 0.15) is 6.10 Å². The fraction of sp³-hybridized carbons (Fsp3) is 1.00. The van der Waals surface area contributed by atoms with Crippen molar-refractivity contribution in [3.8, 4) is 0 Å². The van der Waals surface area contributed by atoms with E-state index in [-0.39, 0.29) is 18.2 Å². The van der Waals surface area contributed by atoms with Gasteiger partial charge < -0.3 is 19.9 Å². The Bertz CT molecular complexity index is 195. The lowest BCUT2D eigenvalue weighted by Gasteiger charge is -2.22. The van der Waals surface area contributed by atoms with Gasteiger partial charge in [0.25, 0.3) is 0 Å². The SMILES string of the molecule is CC1(C)OCC(C2NCCC2O)O1. The molecule has 0 aromatic rings. The Morgan fingerprint density at radius 1 is 1.46 bits per heavy atom. The Morgan fingerprint density at radius 2 is 2.23 bits per heavy atom. The van der Waals surface area contributed by atoms with Gasteiger partial charge in [-0.05, 0) is 26.8 Å². The summed E-state index contributed by atoms with van der Waals surface area (Å²) in [6.45, 7) is 5.23. The van der Waals surface area contributed by atoms with E-state index in [0.717, 1.165) is 13.0 Å². The molecule has 0 saturated carbocycles. The van der Waals surface area contributed by atoms with Gasteiger partial charge in [-0.3, -0.25) is 0 Å². The molecule has 2 N–H and O–H groups in total. The predicted molar refractivity (Wildman–Crippen MR) is 47.3 cm³/mol. The topological polar surface area (TPSA) is 50.7 Å². The average Bonchev–Trinajstić information content (AvgIpc) is 2.56. The van der Waals surface area contributed by atoms with Crippen LogP contribution in [0.3, 0.4) is 0 Å². The van der Waals surface area contributed by atoms with Crippen molar-refractivity contribution >= 4 is 0 Å². The lowest BCUT2D eigenvalue weighted by atomic mass is 10.1. The molecule has 76 valence electrons. The van der Waals surface area contributed by atoms with E-state index in [2.05, 4.69) is 5.32 Å². The van der Waals surface area contributed by atoms with Crippen LogP contribution >= 0.6 is 0 Å². The first kappa shape index (κ1) is 9.40. The van der Waals surface area contributed by atoms with Crippen LogP contribution in [-0.2, 0) is 9.47 Å². The number of nitrogens with one attached hydrogen (secondary N) is 1. The average molecular weight is 187 g/mol. The first-order chi connectivity index (χ1) is 6.08. The lowest BCUT2D eigenvalue weighted by Crippen LogP contribution is -2.43. The highest BCUT2D eigenvalue weighted by Crippen LogP contribution is 2.27. The molecule has 0 radical (unpaired) electrons. The van der Waals surface area contributed by atoms with Crippen LogP contribution in [0, 0.1) is 0 Å². The van der Waals surface area contributed by atoms with Crippen LogP contribution in [0.2, 0.25) is 0 Å². The second kappa shape index (κ2) is 3.20. The molecule has 2 aliphatic rings. The minimum atomic E-state index is -0.491. The molecule has 0 amide bonds. The summed E-state index contributed by atoms with van der Waals surface area (Å²) in [7, 11) is 0. The molecule has 0 aliphatic carbocycles. The smallest absolute Gasteiger partial charge is 0.163 e. The summed E-state index contributed by atoms with van der Waals surface area (Å²) in [5, 5.41) is 12.9. The fourth-order valence-corrected chi connectivity index (χ4v) is 1.99. The fourth-order valence-electron chi connectivity index (χ4n) is 1.99. The maximum absolute atomic E-state index is 9.62.